The van der Waals surface area contributed by atoms with E-state index in [1.807, 2.05) is 86.6 Å². The van der Waals surface area contributed by atoms with E-state index in [1.54, 1.807) is 6.20 Å². The molecule has 0 bridgehead atoms. The number of para-hydroxylation sites is 1. The number of hydrogen-bond acceptors (Lipinski definition) is 5. The van der Waals surface area contributed by atoms with Crippen molar-refractivity contribution in [2.24, 2.45) is 5.92 Å². The van der Waals surface area contributed by atoms with Crippen LogP contribution >= 0.6 is 0 Å². The van der Waals surface area contributed by atoms with Crippen LogP contribution in [0.5, 0.6) is 0 Å². The lowest BCUT2D eigenvalue weighted by molar-refractivity contribution is -0.144. The maximum atomic E-state index is 14.2. The number of carboxylic acids is 1. The second kappa shape index (κ2) is 13.9. The molecule has 214 valence electrons. The summed E-state index contributed by atoms with van der Waals surface area (Å²) in [7, 11) is 1.53. The predicted molar refractivity (Wildman–Crippen MR) is 161 cm³/mol. The van der Waals surface area contributed by atoms with Gasteiger partial charge in [0.2, 0.25) is 11.8 Å². The monoisotopic (exact) mass is 554 g/mol. The summed E-state index contributed by atoms with van der Waals surface area (Å²) in [5.41, 5.74) is 2.72. The zero-order valence-electron chi connectivity index (χ0n) is 23.8. The average Bonchev–Trinajstić information content (AvgIpc) is 2.97. The standard InChI is InChI=1S/C33H38N4O4/c1-22(2)16-29(36-21-24-18-27-10-6-7-11-28(27)35-20-24)33(41)37(15-14-31(38)39)30(32(40)34-3)19-23-12-13-25-8-4-5-9-26(25)17-23/h4-13,17-18,20,22,29-30,36H,14-16,19,21H2,1-3H3,(H,34,40)(H,38,39)/t29-,30?/m0/s1. The number of hydrogen-bond donors (Lipinski definition) is 3. The van der Waals surface area contributed by atoms with Gasteiger partial charge in [0.05, 0.1) is 18.0 Å². The number of carboxylic acid groups (broad SMARTS) is 1. The summed E-state index contributed by atoms with van der Waals surface area (Å²) in [6.07, 6.45) is 2.32. The summed E-state index contributed by atoms with van der Waals surface area (Å²) in [5, 5.41) is 18.7. The fraction of sp³-hybridized carbons (Fsp3) is 0.333. The number of nitrogens with one attached hydrogen (secondary N) is 2. The highest BCUT2D eigenvalue weighted by Gasteiger charge is 2.34. The van der Waals surface area contributed by atoms with Gasteiger partial charge in [0, 0.05) is 38.1 Å². The van der Waals surface area contributed by atoms with Crippen molar-refractivity contribution in [3.05, 3.63) is 90.1 Å². The van der Waals surface area contributed by atoms with Crippen LogP contribution in [0.4, 0.5) is 0 Å². The van der Waals surface area contributed by atoms with Gasteiger partial charge in [-0.1, -0.05) is 74.5 Å². The number of carbonyl (C=O) groups is 3. The molecule has 41 heavy (non-hydrogen) atoms. The van der Waals surface area contributed by atoms with Gasteiger partial charge >= 0.3 is 5.97 Å². The van der Waals surface area contributed by atoms with Crippen LogP contribution in [0.3, 0.4) is 0 Å². The molecule has 8 nitrogen and oxygen atoms in total. The number of aromatic nitrogens is 1. The zero-order valence-corrected chi connectivity index (χ0v) is 23.8. The molecule has 2 atom stereocenters. The van der Waals surface area contributed by atoms with Crippen LogP contribution < -0.4 is 10.6 Å². The van der Waals surface area contributed by atoms with Crippen LogP contribution in [0.2, 0.25) is 0 Å². The number of aliphatic carboxylic acids is 1. The van der Waals surface area contributed by atoms with E-state index in [-0.39, 0.29) is 37.1 Å². The van der Waals surface area contributed by atoms with Crippen LogP contribution in [0.15, 0.2) is 79.0 Å². The van der Waals surface area contributed by atoms with Gasteiger partial charge in [-0.3, -0.25) is 19.4 Å². The molecule has 1 heterocycles. The van der Waals surface area contributed by atoms with Gasteiger partial charge in [0.15, 0.2) is 0 Å². The smallest absolute Gasteiger partial charge is 0.305 e. The van der Waals surface area contributed by atoms with Crippen molar-refractivity contribution in [2.75, 3.05) is 13.6 Å². The second-order valence-electron chi connectivity index (χ2n) is 10.8. The minimum absolute atomic E-state index is 0.0758. The Kier molecular flexibility index (Phi) is 10.0. The summed E-state index contributed by atoms with van der Waals surface area (Å²) >= 11 is 0. The largest absolute Gasteiger partial charge is 0.481 e. The molecule has 3 aromatic carbocycles. The number of pyridine rings is 1. The minimum atomic E-state index is -1.03. The second-order valence-corrected chi connectivity index (χ2v) is 10.8. The van der Waals surface area contributed by atoms with Crippen molar-refractivity contribution >= 4 is 39.5 Å². The lowest BCUT2D eigenvalue weighted by Gasteiger charge is -2.34. The fourth-order valence-electron chi connectivity index (χ4n) is 5.13. The van der Waals surface area contributed by atoms with Crippen LogP contribution in [0, 0.1) is 5.92 Å². The molecule has 8 heteroatoms. The third-order valence-corrected chi connectivity index (χ3v) is 7.22. The first-order valence-electron chi connectivity index (χ1n) is 14.0. The van der Waals surface area contributed by atoms with Gasteiger partial charge < -0.3 is 20.6 Å². The molecule has 4 aromatic rings. The van der Waals surface area contributed by atoms with E-state index in [2.05, 4.69) is 15.6 Å². The molecule has 0 saturated heterocycles. The third kappa shape index (κ3) is 7.89. The van der Waals surface area contributed by atoms with Crippen molar-refractivity contribution in [3.63, 3.8) is 0 Å². The summed E-state index contributed by atoms with van der Waals surface area (Å²) in [6.45, 7) is 4.40. The number of carbonyl (C=O) groups excluding carboxylic acids is 2. The Morgan fingerprint density at radius 3 is 2.29 bits per heavy atom. The molecule has 0 aliphatic rings. The first-order valence-corrected chi connectivity index (χ1v) is 14.0. The first kappa shape index (κ1) is 29.7. The molecule has 0 saturated carbocycles. The summed E-state index contributed by atoms with van der Waals surface area (Å²) in [4.78, 5) is 45.0. The maximum Gasteiger partial charge on any atom is 0.305 e. The molecule has 2 amide bonds. The normalized spacial score (nSPS) is 12.8. The molecule has 0 aliphatic carbocycles. The van der Waals surface area contributed by atoms with Crippen molar-refractivity contribution in [1.82, 2.24) is 20.5 Å². The van der Waals surface area contributed by atoms with Gasteiger partial charge in [-0.25, -0.2) is 0 Å². The molecule has 0 radical (unpaired) electrons. The van der Waals surface area contributed by atoms with Crippen LogP contribution in [0.25, 0.3) is 21.7 Å². The van der Waals surface area contributed by atoms with Gasteiger partial charge in [-0.2, -0.15) is 0 Å². The lowest BCUT2D eigenvalue weighted by atomic mass is 9.97. The molecule has 0 fully saturated rings. The molecular weight excluding hydrogens is 516 g/mol. The molecule has 0 aliphatic heterocycles. The van der Waals surface area contributed by atoms with Gasteiger partial charge in [0.25, 0.3) is 0 Å². The van der Waals surface area contributed by atoms with Crippen molar-refractivity contribution in [1.29, 1.82) is 0 Å². The van der Waals surface area contributed by atoms with E-state index in [0.29, 0.717) is 13.0 Å². The average molecular weight is 555 g/mol. The van der Waals surface area contributed by atoms with Gasteiger partial charge in [0.1, 0.15) is 6.04 Å². The molecular formula is C33H38N4O4. The topological polar surface area (TPSA) is 112 Å². The molecule has 1 aromatic heterocycles. The van der Waals surface area contributed by atoms with Crippen LogP contribution in [0.1, 0.15) is 37.8 Å². The Morgan fingerprint density at radius 2 is 1.59 bits per heavy atom. The van der Waals surface area contributed by atoms with Crippen molar-refractivity contribution in [2.45, 2.75) is 51.7 Å². The Hall–Kier alpha value is -4.30. The van der Waals surface area contributed by atoms with Crippen molar-refractivity contribution < 1.29 is 19.5 Å². The molecule has 3 N–H and O–H groups in total. The van der Waals surface area contributed by atoms with Gasteiger partial charge in [-0.15, -0.1) is 0 Å². The number of amides is 2. The SMILES string of the molecule is CNC(=O)C(Cc1ccc2ccccc2c1)N(CCC(=O)O)C(=O)[C@H](CC(C)C)NCc1cnc2ccccc2c1. The number of benzene rings is 3. The number of nitrogens with zero attached hydrogens (tertiary/aromatic N) is 2. The molecule has 4 rings (SSSR count). The number of rotatable bonds is 13. The van der Waals surface area contributed by atoms with E-state index >= 15 is 0 Å². The van der Waals surface area contributed by atoms with Crippen molar-refractivity contribution in [3.8, 4) is 0 Å². The van der Waals surface area contributed by atoms with E-state index < -0.39 is 18.1 Å². The van der Waals surface area contributed by atoms with Crippen LogP contribution in [-0.4, -0.2) is 58.5 Å². The van der Waals surface area contributed by atoms with Crippen LogP contribution in [-0.2, 0) is 27.3 Å². The Balaban J connectivity index is 1.62. The Labute approximate surface area is 240 Å². The fourth-order valence-corrected chi connectivity index (χ4v) is 5.13. The van der Waals surface area contributed by atoms with E-state index in [0.717, 1.165) is 32.8 Å². The predicted octanol–water partition coefficient (Wildman–Crippen LogP) is 4.55. The quantitative estimate of drug-likeness (QED) is 0.224. The summed E-state index contributed by atoms with van der Waals surface area (Å²) in [6, 6.07) is 22.3. The molecule has 1 unspecified atom stereocenters. The number of fused-ring (bicyclic) bond motifs is 2. The van der Waals surface area contributed by atoms with E-state index in [9.17, 15) is 19.5 Å². The third-order valence-electron chi connectivity index (χ3n) is 7.22. The summed E-state index contributed by atoms with van der Waals surface area (Å²) in [5.74, 6) is -1.46. The highest BCUT2D eigenvalue weighted by Crippen LogP contribution is 2.20. The zero-order chi connectivity index (χ0) is 29.4. The van der Waals surface area contributed by atoms with Gasteiger partial charge in [-0.05, 0) is 46.4 Å². The summed E-state index contributed by atoms with van der Waals surface area (Å²) < 4.78 is 0. The Bertz CT molecular complexity index is 1520. The lowest BCUT2D eigenvalue weighted by Crippen LogP contribution is -2.56. The first-order chi connectivity index (χ1) is 19.7. The van der Waals surface area contributed by atoms with E-state index in [1.165, 1.54) is 11.9 Å². The maximum absolute atomic E-state index is 14.2. The highest BCUT2D eigenvalue weighted by molar-refractivity contribution is 5.90. The number of likely N-dealkylation sites (N-methyl/N-ethyl adjacent to an activating group) is 1. The Morgan fingerprint density at radius 1 is 0.902 bits per heavy atom. The minimum Gasteiger partial charge on any atom is -0.481 e. The molecule has 0 spiro atoms. The highest BCUT2D eigenvalue weighted by atomic mass is 16.4. The van der Waals surface area contributed by atoms with E-state index in [4.69, 9.17) is 0 Å².